The molecule has 1 amide bonds. The molecular weight excluding hydrogens is 382 g/mol. The molecule has 1 N–H and O–H groups in total. The van der Waals surface area contributed by atoms with Crippen LogP contribution in [0.5, 0.6) is 11.5 Å². The number of carbonyl (C=O) groups excluding carboxylic acids is 1. The zero-order valence-corrected chi connectivity index (χ0v) is 16.1. The molecule has 0 radical (unpaired) electrons. The highest BCUT2D eigenvalue weighted by Crippen LogP contribution is 2.28. The number of ether oxygens (including phenoxy) is 2. The van der Waals surface area contributed by atoms with E-state index in [0.717, 1.165) is 23.7 Å². The first-order valence-corrected chi connectivity index (χ1v) is 9.51. The summed E-state index contributed by atoms with van der Waals surface area (Å²) in [6, 6.07) is 15.9. The molecule has 0 aliphatic carbocycles. The maximum absolute atomic E-state index is 12.1. The second-order valence-electron chi connectivity index (χ2n) is 5.64. The molecule has 25 heavy (non-hydrogen) atoms. The van der Waals surface area contributed by atoms with Crippen LogP contribution in [0, 0.1) is 0 Å². The average molecular weight is 406 g/mol. The summed E-state index contributed by atoms with van der Waals surface area (Å²) in [4.78, 5) is 12.1. The van der Waals surface area contributed by atoms with Gasteiger partial charge in [0.1, 0.15) is 0 Å². The van der Waals surface area contributed by atoms with Crippen molar-refractivity contribution in [1.29, 1.82) is 0 Å². The second kappa shape index (κ2) is 10.8. The van der Waals surface area contributed by atoms with Crippen molar-refractivity contribution in [3.05, 3.63) is 59.7 Å². The maximum Gasteiger partial charge on any atom is 0.224 e. The van der Waals surface area contributed by atoms with Gasteiger partial charge in [0.05, 0.1) is 20.1 Å². The summed E-state index contributed by atoms with van der Waals surface area (Å²) >= 11 is 3.33. The van der Waals surface area contributed by atoms with Crippen molar-refractivity contribution in [3.8, 4) is 11.5 Å². The maximum atomic E-state index is 12.1. The largest absolute Gasteiger partial charge is 0.493 e. The topological polar surface area (TPSA) is 47.6 Å². The van der Waals surface area contributed by atoms with Gasteiger partial charge in [-0.15, -0.1) is 0 Å². The first-order chi connectivity index (χ1) is 12.2. The van der Waals surface area contributed by atoms with Gasteiger partial charge in [-0.1, -0.05) is 52.3 Å². The SMILES string of the molecule is COc1cc(CC(=O)NCCCc2ccccc2)ccc1OCCBr. The van der Waals surface area contributed by atoms with Gasteiger partial charge in [-0.2, -0.15) is 0 Å². The molecule has 0 fully saturated rings. The Morgan fingerprint density at radius 2 is 1.88 bits per heavy atom. The van der Waals surface area contributed by atoms with E-state index in [1.54, 1.807) is 7.11 Å². The van der Waals surface area contributed by atoms with E-state index in [-0.39, 0.29) is 5.91 Å². The van der Waals surface area contributed by atoms with Crippen LogP contribution >= 0.6 is 15.9 Å². The molecule has 0 aliphatic heterocycles. The lowest BCUT2D eigenvalue weighted by Gasteiger charge is -2.11. The van der Waals surface area contributed by atoms with Crippen molar-refractivity contribution < 1.29 is 14.3 Å². The van der Waals surface area contributed by atoms with Crippen LogP contribution < -0.4 is 14.8 Å². The van der Waals surface area contributed by atoms with Gasteiger partial charge >= 0.3 is 0 Å². The molecule has 0 atom stereocenters. The van der Waals surface area contributed by atoms with E-state index in [1.165, 1.54) is 5.56 Å². The zero-order chi connectivity index (χ0) is 17.9. The fraction of sp³-hybridized carbons (Fsp3) is 0.350. The Kier molecular flexibility index (Phi) is 8.32. The minimum atomic E-state index is 0.0178. The van der Waals surface area contributed by atoms with Crippen LogP contribution in [-0.4, -0.2) is 31.5 Å². The molecule has 0 unspecified atom stereocenters. The minimum Gasteiger partial charge on any atom is -0.493 e. The molecular formula is C20H24BrNO3. The van der Waals surface area contributed by atoms with E-state index in [1.807, 2.05) is 36.4 Å². The van der Waals surface area contributed by atoms with Crippen LogP contribution in [0.4, 0.5) is 0 Å². The van der Waals surface area contributed by atoms with Gasteiger partial charge in [0, 0.05) is 11.9 Å². The third kappa shape index (κ3) is 6.78. The summed E-state index contributed by atoms with van der Waals surface area (Å²) in [6.45, 7) is 1.24. The number of aryl methyl sites for hydroxylation is 1. The molecule has 0 saturated carbocycles. The monoisotopic (exact) mass is 405 g/mol. The van der Waals surface area contributed by atoms with E-state index in [9.17, 15) is 4.79 Å². The number of amides is 1. The Hall–Kier alpha value is -2.01. The van der Waals surface area contributed by atoms with Gasteiger partial charge in [-0.25, -0.2) is 0 Å². The molecule has 2 rings (SSSR count). The van der Waals surface area contributed by atoms with E-state index in [2.05, 4.69) is 33.4 Å². The first kappa shape index (κ1) is 19.3. The smallest absolute Gasteiger partial charge is 0.224 e. The van der Waals surface area contributed by atoms with Gasteiger partial charge in [-0.05, 0) is 36.1 Å². The fourth-order valence-electron chi connectivity index (χ4n) is 2.50. The Morgan fingerprint density at radius 3 is 2.60 bits per heavy atom. The molecule has 0 saturated heterocycles. The molecule has 134 valence electrons. The van der Waals surface area contributed by atoms with Gasteiger partial charge in [0.2, 0.25) is 5.91 Å². The lowest BCUT2D eigenvalue weighted by molar-refractivity contribution is -0.120. The molecule has 0 aliphatic rings. The normalized spacial score (nSPS) is 10.3. The number of nitrogens with one attached hydrogen (secondary N) is 1. The zero-order valence-electron chi connectivity index (χ0n) is 14.5. The average Bonchev–Trinajstić information content (AvgIpc) is 2.65. The lowest BCUT2D eigenvalue weighted by atomic mass is 10.1. The summed E-state index contributed by atoms with van der Waals surface area (Å²) in [5.41, 5.74) is 2.20. The van der Waals surface area contributed by atoms with Crippen molar-refractivity contribution in [2.24, 2.45) is 0 Å². The van der Waals surface area contributed by atoms with E-state index < -0.39 is 0 Å². The fourth-order valence-corrected chi connectivity index (χ4v) is 2.66. The van der Waals surface area contributed by atoms with Crippen LogP contribution in [0.1, 0.15) is 17.5 Å². The summed E-state index contributed by atoms with van der Waals surface area (Å²) in [5, 5.41) is 3.72. The molecule has 0 heterocycles. The van der Waals surface area contributed by atoms with Crippen molar-refractivity contribution in [2.45, 2.75) is 19.3 Å². The molecule has 0 aromatic heterocycles. The third-order valence-corrected chi connectivity index (χ3v) is 4.06. The number of hydrogen-bond acceptors (Lipinski definition) is 3. The molecule has 0 spiro atoms. The van der Waals surface area contributed by atoms with E-state index in [0.29, 0.717) is 31.1 Å². The molecule has 4 nitrogen and oxygen atoms in total. The third-order valence-electron chi connectivity index (χ3n) is 3.73. The predicted octanol–water partition coefficient (Wildman–Crippen LogP) is 3.76. The molecule has 2 aromatic rings. The highest BCUT2D eigenvalue weighted by atomic mass is 79.9. The van der Waals surface area contributed by atoms with Gasteiger partial charge in [0.15, 0.2) is 11.5 Å². The van der Waals surface area contributed by atoms with Gasteiger partial charge in [0.25, 0.3) is 0 Å². The number of carbonyl (C=O) groups is 1. The van der Waals surface area contributed by atoms with Crippen LogP contribution in [0.3, 0.4) is 0 Å². The minimum absolute atomic E-state index is 0.0178. The van der Waals surface area contributed by atoms with Gasteiger partial charge in [-0.3, -0.25) is 4.79 Å². The van der Waals surface area contributed by atoms with Crippen molar-refractivity contribution in [2.75, 3.05) is 25.6 Å². The Labute approximate surface area is 157 Å². The molecule has 2 aromatic carbocycles. The number of rotatable bonds is 10. The van der Waals surface area contributed by atoms with Gasteiger partial charge < -0.3 is 14.8 Å². The van der Waals surface area contributed by atoms with Crippen molar-refractivity contribution in [1.82, 2.24) is 5.32 Å². The summed E-state index contributed by atoms with van der Waals surface area (Å²) in [7, 11) is 1.60. The van der Waals surface area contributed by atoms with E-state index in [4.69, 9.17) is 9.47 Å². The van der Waals surface area contributed by atoms with Crippen LogP contribution in [0.15, 0.2) is 48.5 Å². The Morgan fingerprint density at radius 1 is 1.08 bits per heavy atom. The Balaban J connectivity index is 1.77. The molecule has 5 heteroatoms. The predicted molar refractivity (Wildman–Crippen MR) is 104 cm³/mol. The standard InChI is InChI=1S/C20H24BrNO3/c1-24-19-14-17(9-10-18(19)25-13-11-21)15-20(23)22-12-5-8-16-6-3-2-4-7-16/h2-4,6-7,9-10,14H,5,8,11-13,15H2,1H3,(H,22,23). The number of benzene rings is 2. The number of halogens is 1. The summed E-state index contributed by atoms with van der Waals surface area (Å²) < 4.78 is 10.9. The van der Waals surface area contributed by atoms with Crippen LogP contribution in [-0.2, 0) is 17.6 Å². The first-order valence-electron chi connectivity index (χ1n) is 8.39. The number of methoxy groups -OCH3 is 1. The highest BCUT2D eigenvalue weighted by molar-refractivity contribution is 9.09. The summed E-state index contributed by atoms with van der Waals surface area (Å²) in [6.07, 6.45) is 2.23. The van der Waals surface area contributed by atoms with Crippen molar-refractivity contribution >= 4 is 21.8 Å². The van der Waals surface area contributed by atoms with Crippen molar-refractivity contribution in [3.63, 3.8) is 0 Å². The quantitative estimate of drug-likeness (QED) is 0.483. The highest BCUT2D eigenvalue weighted by Gasteiger charge is 2.09. The van der Waals surface area contributed by atoms with E-state index >= 15 is 0 Å². The lowest BCUT2D eigenvalue weighted by Crippen LogP contribution is -2.26. The number of hydrogen-bond donors (Lipinski definition) is 1. The molecule has 0 bridgehead atoms. The van der Waals surface area contributed by atoms with Crippen LogP contribution in [0.25, 0.3) is 0 Å². The second-order valence-corrected chi connectivity index (χ2v) is 6.43. The summed E-state index contributed by atoms with van der Waals surface area (Å²) in [5.74, 6) is 1.36. The Bertz CT molecular complexity index is 661. The number of alkyl halides is 1. The van der Waals surface area contributed by atoms with Crippen LogP contribution in [0.2, 0.25) is 0 Å².